The Morgan fingerprint density at radius 1 is 1.00 bits per heavy atom. The molecule has 0 saturated heterocycles. The zero-order valence-corrected chi connectivity index (χ0v) is 22.3. The van der Waals surface area contributed by atoms with Crippen molar-refractivity contribution in [1.82, 2.24) is 14.8 Å². The number of aryl methyl sites for hydroxylation is 2. The second-order valence-corrected chi connectivity index (χ2v) is 9.00. The first kappa shape index (κ1) is 26.5. The summed E-state index contributed by atoms with van der Waals surface area (Å²) in [7, 11) is 3.18. The number of rotatable bonds is 10. The third kappa shape index (κ3) is 6.52. The van der Waals surface area contributed by atoms with E-state index in [9.17, 15) is 4.79 Å². The van der Waals surface area contributed by atoms with Crippen molar-refractivity contribution in [2.24, 2.45) is 0 Å². The van der Waals surface area contributed by atoms with Crippen molar-refractivity contribution in [3.63, 3.8) is 0 Å². The lowest BCUT2D eigenvalue weighted by Crippen LogP contribution is -2.41. The van der Waals surface area contributed by atoms with Crippen molar-refractivity contribution < 1.29 is 9.47 Å². The molecule has 0 aliphatic heterocycles. The highest BCUT2D eigenvalue weighted by atomic mass is 32.1. The monoisotopic (exact) mass is 496 g/mol. The Hall–Kier alpha value is -3.10. The molecule has 0 fully saturated rings. The number of pyridine rings is 1. The number of hydrogen-bond acceptors (Lipinski definition) is 5. The van der Waals surface area contributed by atoms with Crippen LogP contribution in [0.3, 0.4) is 0 Å². The highest BCUT2D eigenvalue weighted by molar-refractivity contribution is 7.80. The van der Waals surface area contributed by atoms with Gasteiger partial charge in [0.05, 0.1) is 26.3 Å². The lowest BCUT2D eigenvalue weighted by atomic mass is 10.1. The summed E-state index contributed by atoms with van der Waals surface area (Å²) in [6.07, 6.45) is 0. The molecule has 0 aliphatic rings. The van der Waals surface area contributed by atoms with Gasteiger partial charge in [-0.05, 0) is 62.9 Å². The van der Waals surface area contributed by atoms with Crippen molar-refractivity contribution in [3.8, 4) is 11.5 Å². The van der Waals surface area contributed by atoms with Gasteiger partial charge in [0.15, 0.2) is 16.6 Å². The Morgan fingerprint density at radius 3 is 2.31 bits per heavy atom. The number of anilines is 1. The number of nitrogens with one attached hydrogen (secondary N) is 2. The van der Waals surface area contributed by atoms with Crippen LogP contribution in [0, 0.1) is 13.8 Å². The van der Waals surface area contributed by atoms with Crippen LogP contribution >= 0.6 is 12.2 Å². The number of methoxy groups -OCH3 is 2. The quantitative estimate of drug-likeness (QED) is 0.394. The molecule has 35 heavy (non-hydrogen) atoms. The Labute approximate surface area is 213 Å². The van der Waals surface area contributed by atoms with Crippen LogP contribution in [0.1, 0.15) is 30.5 Å². The Kier molecular flexibility index (Phi) is 9.12. The third-order valence-corrected chi connectivity index (χ3v) is 6.64. The van der Waals surface area contributed by atoms with Gasteiger partial charge < -0.3 is 29.6 Å². The number of thiocarbonyl (C=S) groups is 1. The first-order valence-corrected chi connectivity index (χ1v) is 12.3. The predicted molar refractivity (Wildman–Crippen MR) is 148 cm³/mol. The number of fused-ring (bicyclic) bond motifs is 1. The first-order chi connectivity index (χ1) is 16.8. The molecular weight excluding hydrogens is 460 g/mol. The number of likely N-dealkylation sites (N-methyl/N-ethyl adjacent to an activating group) is 1. The van der Waals surface area contributed by atoms with Gasteiger partial charge in [0.2, 0.25) is 0 Å². The summed E-state index contributed by atoms with van der Waals surface area (Å²) in [5, 5.41) is 4.86. The Balaban J connectivity index is 1.92. The van der Waals surface area contributed by atoms with Crippen LogP contribution in [-0.4, -0.2) is 60.3 Å². The summed E-state index contributed by atoms with van der Waals surface area (Å²) in [4.78, 5) is 20.4. The minimum atomic E-state index is -0.146. The van der Waals surface area contributed by atoms with Crippen LogP contribution in [0.5, 0.6) is 11.5 Å². The zero-order valence-electron chi connectivity index (χ0n) is 21.5. The highest BCUT2D eigenvalue weighted by Crippen LogP contribution is 2.31. The molecule has 3 rings (SSSR count). The summed E-state index contributed by atoms with van der Waals surface area (Å²) >= 11 is 5.83. The van der Waals surface area contributed by atoms with E-state index in [1.807, 2.05) is 18.2 Å². The summed E-state index contributed by atoms with van der Waals surface area (Å²) in [5.74, 6) is 1.19. The van der Waals surface area contributed by atoms with Gasteiger partial charge in [0.1, 0.15) is 0 Å². The van der Waals surface area contributed by atoms with Crippen molar-refractivity contribution in [2.75, 3.05) is 45.7 Å². The highest BCUT2D eigenvalue weighted by Gasteiger charge is 2.16. The molecule has 188 valence electrons. The Morgan fingerprint density at radius 2 is 1.69 bits per heavy atom. The molecule has 1 heterocycles. The summed E-state index contributed by atoms with van der Waals surface area (Å²) < 4.78 is 10.8. The number of aromatic nitrogens is 1. The van der Waals surface area contributed by atoms with Crippen LogP contribution in [0.15, 0.2) is 41.2 Å². The molecule has 0 saturated carbocycles. The van der Waals surface area contributed by atoms with Gasteiger partial charge in [-0.2, -0.15) is 0 Å². The van der Waals surface area contributed by atoms with Crippen LogP contribution in [0.4, 0.5) is 5.69 Å². The van der Waals surface area contributed by atoms with E-state index in [2.05, 4.69) is 59.9 Å². The maximum atomic E-state index is 13.0. The Bertz CT molecular complexity index is 1240. The molecule has 0 atom stereocenters. The molecule has 2 aromatic carbocycles. The smallest absolute Gasteiger partial charge is 0.253 e. The van der Waals surface area contributed by atoms with Gasteiger partial charge in [-0.25, -0.2) is 0 Å². The number of H-pyrrole nitrogens is 1. The minimum Gasteiger partial charge on any atom is -0.493 e. The normalized spacial score (nSPS) is 11.1. The number of hydrogen-bond donors (Lipinski definition) is 2. The average Bonchev–Trinajstić information content (AvgIpc) is 2.84. The molecule has 0 bridgehead atoms. The van der Waals surface area contributed by atoms with E-state index >= 15 is 0 Å². The maximum Gasteiger partial charge on any atom is 0.253 e. The predicted octanol–water partition coefficient (Wildman–Crippen LogP) is 4.70. The van der Waals surface area contributed by atoms with Gasteiger partial charge in [-0.15, -0.1) is 0 Å². The fourth-order valence-corrected chi connectivity index (χ4v) is 4.37. The first-order valence-electron chi connectivity index (χ1n) is 11.9. The second-order valence-electron chi connectivity index (χ2n) is 8.62. The molecule has 0 aliphatic carbocycles. The van der Waals surface area contributed by atoms with Crippen LogP contribution in [0.25, 0.3) is 10.9 Å². The lowest BCUT2D eigenvalue weighted by molar-refractivity contribution is 0.266. The molecule has 1 aromatic heterocycles. The minimum absolute atomic E-state index is 0.146. The lowest BCUT2D eigenvalue weighted by Gasteiger charge is -2.29. The van der Waals surface area contributed by atoms with E-state index in [1.165, 1.54) is 5.56 Å². The SMILES string of the molecule is CCN(CC)CCN(Cc1cc2cc(OC)c(OC)cc2[nH]c1=O)C(=S)Nc1ccc(C)cc1C. The largest absolute Gasteiger partial charge is 0.493 e. The van der Waals surface area contributed by atoms with Crippen molar-refractivity contribution >= 4 is 33.9 Å². The molecule has 0 unspecified atom stereocenters. The van der Waals surface area contributed by atoms with Gasteiger partial charge in [0.25, 0.3) is 5.56 Å². The molecular formula is C27H36N4O3S. The zero-order chi connectivity index (χ0) is 25.5. The third-order valence-electron chi connectivity index (χ3n) is 6.28. The van der Waals surface area contributed by atoms with E-state index in [-0.39, 0.29) is 5.56 Å². The van der Waals surface area contributed by atoms with Gasteiger partial charge >= 0.3 is 0 Å². The molecule has 3 aromatic rings. The summed E-state index contributed by atoms with van der Waals surface area (Å²) in [6.45, 7) is 12.3. The van der Waals surface area contributed by atoms with Crippen LogP contribution in [-0.2, 0) is 6.54 Å². The van der Waals surface area contributed by atoms with Crippen LogP contribution in [0.2, 0.25) is 0 Å². The molecule has 0 spiro atoms. The van der Waals surface area contributed by atoms with Gasteiger partial charge in [-0.1, -0.05) is 31.5 Å². The van der Waals surface area contributed by atoms with E-state index in [1.54, 1.807) is 20.3 Å². The number of nitrogens with zero attached hydrogens (tertiary/aromatic N) is 2. The molecule has 0 amide bonds. The molecule has 0 radical (unpaired) electrons. The van der Waals surface area contributed by atoms with Crippen molar-refractivity contribution in [1.29, 1.82) is 0 Å². The second kappa shape index (κ2) is 12.0. The number of benzene rings is 2. The maximum absolute atomic E-state index is 13.0. The topological polar surface area (TPSA) is 69.8 Å². The fraction of sp³-hybridized carbons (Fsp3) is 0.407. The van der Waals surface area contributed by atoms with Gasteiger partial charge in [-0.3, -0.25) is 4.79 Å². The molecule has 2 N–H and O–H groups in total. The van der Waals surface area contributed by atoms with E-state index in [0.717, 1.165) is 36.3 Å². The van der Waals surface area contributed by atoms with E-state index < -0.39 is 0 Å². The molecule has 7 nitrogen and oxygen atoms in total. The standard InChI is InChI=1S/C27H36N4O3S/c1-7-30(8-2)11-12-31(27(35)29-22-10-9-18(3)13-19(22)4)17-21-14-20-15-24(33-5)25(34-6)16-23(20)28-26(21)32/h9-10,13-16H,7-8,11-12,17H2,1-6H3,(H,28,32)(H,29,35). The fourth-order valence-electron chi connectivity index (χ4n) is 4.10. The van der Waals surface area contributed by atoms with Crippen LogP contribution < -0.4 is 20.3 Å². The van der Waals surface area contributed by atoms with E-state index in [0.29, 0.717) is 40.8 Å². The van der Waals surface area contributed by atoms with Crippen molar-refractivity contribution in [3.05, 3.63) is 63.4 Å². The number of ether oxygens (including phenoxy) is 2. The van der Waals surface area contributed by atoms with Gasteiger partial charge in [0, 0.05) is 35.8 Å². The van der Waals surface area contributed by atoms with E-state index in [4.69, 9.17) is 21.7 Å². The number of aromatic amines is 1. The summed E-state index contributed by atoms with van der Waals surface area (Å²) in [5.41, 5.74) is 4.48. The van der Waals surface area contributed by atoms with Crippen molar-refractivity contribution in [2.45, 2.75) is 34.2 Å². The average molecular weight is 497 g/mol. The molecule has 8 heteroatoms. The summed E-state index contributed by atoms with van der Waals surface area (Å²) in [6, 6.07) is 11.8.